The number of halogens is 1. The van der Waals surface area contributed by atoms with E-state index in [1.807, 2.05) is 37.3 Å². The molecule has 1 aromatic carbocycles. The van der Waals surface area contributed by atoms with Crippen LogP contribution in [-0.2, 0) is 17.4 Å². The van der Waals surface area contributed by atoms with Crippen LogP contribution in [0.5, 0.6) is 0 Å². The minimum absolute atomic E-state index is 0. The van der Waals surface area contributed by atoms with E-state index in [9.17, 15) is 13.2 Å². The number of pyridine rings is 2. The van der Waals surface area contributed by atoms with Crippen LogP contribution in [0, 0.1) is 0 Å². The molecular weight excluding hydrogens is 362 g/mol. The van der Waals surface area contributed by atoms with Crippen molar-refractivity contribution in [1.29, 1.82) is 0 Å². The lowest BCUT2D eigenvalue weighted by molar-refractivity contribution is 0.440. The van der Waals surface area contributed by atoms with Gasteiger partial charge < -0.3 is 4.98 Å². The first kappa shape index (κ1) is 19.1. The van der Waals surface area contributed by atoms with Gasteiger partial charge in [-0.15, -0.1) is 12.4 Å². The molecule has 3 aromatic rings. The lowest BCUT2D eigenvalue weighted by Gasteiger charge is -2.13. The Morgan fingerprint density at radius 2 is 1.80 bits per heavy atom. The lowest BCUT2D eigenvalue weighted by atomic mass is 10.0. The monoisotopic (exact) mass is 379 g/mol. The molecule has 0 aliphatic carbocycles. The van der Waals surface area contributed by atoms with Crippen molar-refractivity contribution in [2.45, 2.75) is 13.5 Å². The third-order valence-corrected chi connectivity index (χ3v) is 4.75. The highest BCUT2D eigenvalue weighted by Gasteiger charge is 2.08. The van der Waals surface area contributed by atoms with E-state index in [0.717, 1.165) is 22.1 Å². The Morgan fingerprint density at radius 1 is 1.08 bits per heavy atom. The second-order valence-corrected chi connectivity index (χ2v) is 6.40. The van der Waals surface area contributed by atoms with Crippen molar-refractivity contribution < 1.29 is 8.42 Å². The number of nitrogens with zero attached hydrogens (tertiary/aromatic N) is 2. The summed E-state index contributed by atoms with van der Waals surface area (Å²) in [7, 11) is -2.57. The van der Waals surface area contributed by atoms with Gasteiger partial charge >= 0.3 is 0 Å². The van der Waals surface area contributed by atoms with Gasteiger partial charge in [-0.25, -0.2) is 17.7 Å². The molecule has 0 aliphatic rings. The van der Waals surface area contributed by atoms with Crippen LogP contribution < -0.4 is 5.56 Å². The number of nitrogens with one attached hydrogen (secondary N) is 1. The van der Waals surface area contributed by atoms with Crippen molar-refractivity contribution in [2.24, 2.45) is 0 Å². The van der Waals surface area contributed by atoms with Gasteiger partial charge in [-0.05, 0) is 28.8 Å². The highest BCUT2D eigenvalue weighted by atomic mass is 35.5. The third-order valence-electron chi connectivity index (χ3n) is 3.86. The van der Waals surface area contributed by atoms with E-state index in [1.54, 1.807) is 12.3 Å². The largest absolute Gasteiger partial charge is 0.307 e. The van der Waals surface area contributed by atoms with Gasteiger partial charge in [-0.2, -0.15) is 0 Å². The molecule has 2 aromatic heterocycles. The van der Waals surface area contributed by atoms with Crippen molar-refractivity contribution >= 4 is 34.3 Å². The summed E-state index contributed by atoms with van der Waals surface area (Å²) in [6, 6.07) is 12.8. The number of aromatic amines is 1. The summed E-state index contributed by atoms with van der Waals surface area (Å²) in [5.41, 5.74) is 3.22. The van der Waals surface area contributed by atoms with Gasteiger partial charge in [-0.3, -0.25) is 4.79 Å². The minimum Gasteiger partial charge on any atom is -0.307 e. The summed E-state index contributed by atoms with van der Waals surface area (Å²) in [6.07, 6.45) is 1.66. The normalized spacial score (nSPS) is 11.0. The van der Waals surface area contributed by atoms with Gasteiger partial charge in [0.05, 0.1) is 0 Å². The molecular formula is C17H18ClN3O3S. The fourth-order valence-electron chi connectivity index (χ4n) is 2.60. The molecule has 8 heteroatoms. The first-order valence-corrected chi connectivity index (χ1v) is 8.68. The third kappa shape index (κ3) is 4.25. The van der Waals surface area contributed by atoms with E-state index in [-0.39, 0.29) is 18.0 Å². The molecule has 0 bridgehead atoms. The molecule has 0 spiro atoms. The number of rotatable bonds is 5. The maximum absolute atomic E-state index is 11.4. The van der Waals surface area contributed by atoms with Gasteiger partial charge in [0, 0.05) is 30.7 Å². The fourth-order valence-corrected chi connectivity index (χ4v) is 3.11. The second-order valence-electron chi connectivity index (χ2n) is 5.36. The number of aromatic nitrogens is 2. The molecule has 132 valence electrons. The van der Waals surface area contributed by atoms with Gasteiger partial charge in [0.1, 0.15) is 5.65 Å². The predicted molar refractivity (Wildman–Crippen MR) is 101 cm³/mol. The fraction of sp³-hybridized carbons (Fsp3) is 0.176. The quantitative estimate of drug-likeness (QED) is 0.666. The Morgan fingerprint density at radius 3 is 2.44 bits per heavy atom. The zero-order chi connectivity index (χ0) is 17.1. The first-order valence-electron chi connectivity index (χ1n) is 7.55. The molecule has 25 heavy (non-hydrogen) atoms. The van der Waals surface area contributed by atoms with Gasteiger partial charge in [-0.1, -0.05) is 31.2 Å². The zero-order valence-electron chi connectivity index (χ0n) is 13.5. The van der Waals surface area contributed by atoms with Gasteiger partial charge in [0.25, 0.3) is 0 Å². The highest BCUT2D eigenvalue weighted by molar-refractivity contribution is 7.69. The second kappa shape index (κ2) is 8.24. The molecule has 0 radical (unpaired) electrons. The maximum Gasteiger partial charge on any atom is 0.249 e. The Kier molecular flexibility index (Phi) is 6.30. The van der Waals surface area contributed by atoms with Crippen LogP contribution >= 0.6 is 12.4 Å². The van der Waals surface area contributed by atoms with Crippen molar-refractivity contribution in [3.63, 3.8) is 0 Å². The smallest absolute Gasteiger partial charge is 0.249 e. The van der Waals surface area contributed by atoms with Crippen molar-refractivity contribution in [2.75, 3.05) is 6.54 Å². The molecule has 3 rings (SSSR count). The average Bonchev–Trinajstić information content (AvgIpc) is 2.59. The molecule has 0 aliphatic heterocycles. The van der Waals surface area contributed by atoms with Crippen LogP contribution in [0.3, 0.4) is 0 Å². The Labute approximate surface area is 153 Å². The summed E-state index contributed by atoms with van der Waals surface area (Å²) in [5, 5.41) is 0.864. The van der Waals surface area contributed by atoms with E-state index in [2.05, 4.69) is 9.97 Å². The Hall–Kier alpha value is -2.22. The van der Waals surface area contributed by atoms with Crippen LogP contribution in [0.15, 0.2) is 53.5 Å². The number of H-pyrrole nitrogens is 1. The Balaban J connectivity index is 0.00000225. The molecule has 2 heterocycles. The first-order chi connectivity index (χ1) is 11.6. The molecule has 0 saturated carbocycles. The molecule has 0 unspecified atom stereocenters. The number of hydrogen-bond donors (Lipinski definition) is 2. The maximum atomic E-state index is 11.4. The topological polar surface area (TPSA) is 83.1 Å². The summed E-state index contributed by atoms with van der Waals surface area (Å²) >= 11 is 0. The molecule has 0 atom stereocenters. The number of fused-ring (bicyclic) bond motifs is 1. The molecule has 0 saturated heterocycles. The van der Waals surface area contributed by atoms with E-state index in [4.69, 9.17) is 0 Å². The predicted octanol–water partition coefficient (Wildman–Crippen LogP) is 2.36. The van der Waals surface area contributed by atoms with E-state index in [1.165, 1.54) is 10.4 Å². The average molecular weight is 380 g/mol. The van der Waals surface area contributed by atoms with Crippen molar-refractivity contribution in [1.82, 2.24) is 14.3 Å². The standard InChI is InChI=1S/C17H17N3O3S.ClH/c1-2-20(24(22)23)11-12-3-5-13(6-4-12)14-9-10-18-17-15(14)7-8-16(21)19-17;/h3-10,24H,2,11H2,1H3,(H,18,19,21);1H. The lowest BCUT2D eigenvalue weighted by Crippen LogP contribution is -2.20. The van der Waals surface area contributed by atoms with Crippen LogP contribution in [-0.4, -0.2) is 29.2 Å². The van der Waals surface area contributed by atoms with E-state index >= 15 is 0 Å². The summed E-state index contributed by atoms with van der Waals surface area (Å²) in [4.78, 5) is 18.3. The van der Waals surface area contributed by atoms with E-state index < -0.39 is 10.9 Å². The zero-order valence-corrected chi connectivity index (χ0v) is 15.2. The van der Waals surface area contributed by atoms with Gasteiger partial charge in [0.2, 0.25) is 16.4 Å². The summed E-state index contributed by atoms with van der Waals surface area (Å²) in [6.45, 7) is 2.62. The number of hydrogen-bond acceptors (Lipinski definition) is 4. The van der Waals surface area contributed by atoms with Gasteiger partial charge in [0.15, 0.2) is 0 Å². The van der Waals surface area contributed by atoms with Crippen LogP contribution in [0.2, 0.25) is 0 Å². The minimum atomic E-state index is -2.57. The molecule has 1 N–H and O–H groups in total. The molecule has 0 fully saturated rings. The van der Waals surface area contributed by atoms with Crippen molar-refractivity contribution in [3.05, 3.63) is 64.6 Å². The van der Waals surface area contributed by atoms with Crippen molar-refractivity contribution in [3.8, 4) is 11.1 Å². The van der Waals surface area contributed by atoms with E-state index in [0.29, 0.717) is 18.7 Å². The number of thiol groups is 1. The summed E-state index contributed by atoms with van der Waals surface area (Å²) < 4.78 is 23.6. The number of benzene rings is 1. The van der Waals surface area contributed by atoms with Crippen LogP contribution in [0.25, 0.3) is 22.2 Å². The molecule has 6 nitrogen and oxygen atoms in total. The Bertz CT molecular complexity index is 992. The van der Waals surface area contributed by atoms with Crippen LogP contribution in [0.1, 0.15) is 12.5 Å². The molecule has 0 amide bonds. The summed E-state index contributed by atoms with van der Waals surface area (Å²) in [5.74, 6) is 0. The highest BCUT2D eigenvalue weighted by Crippen LogP contribution is 2.26. The SMILES string of the molecule is CCN(Cc1ccc(-c2ccnc3[nH]c(=O)ccc23)cc1)[SH](=O)=O.Cl. The van der Waals surface area contributed by atoms with Crippen LogP contribution in [0.4, 0.5) is 0 Å².